The van der Waals surface area contributed by atoms with Crippen LogP contribution in [0.4, 0.5) is 0 Å². The van der Waals surface area contributed by atoms with Gasteiger partial charge in [-0.3, -0.25) is 4.79 Å². The van der Waals surface area contributed by atoms with Crippen molar-refractivity contribution in [2.75, 3.05) is 13.2 Å². The van der Waals surface area contributed by atoms with Gasteiger partial charge in [0.15, 0.2) is 0 Å². The molecule has 1 unspecified atom stereocenters. The van der Waals surface area contributed by atoms with Gasteiger partial charge in [-0.15, -0.1) is 0 Å². The van der Waals surface area contributed by atoms with E-state index in [9.17, 15) is 4.79 Å². The number of aliphatic hydroxyl groups is 1. The predicted octanol–water partition coefficient (Wildman–Crippen LogP) is 0.212. The number of aliphatic hydroxyl groups excluding tert-OH is 1. The van der Waals surface area contributed by atoms with Crippen LogP contribution in [0.25, 0.3) is 0 Å². The summed E-state index contributed by atoms with van der Waals surface area (Å²) in [6.45, 7) is 2.22. The van der Waals surface area contributed by atoms with Crippen molar-refractivity contribution in [1.29, 1.82) is 0 Å². The normalized spacial score (nSPS) is 17.5. The quantitative estimate of drug-likeness (QED) is 0.796. The van der Waals surface area contributed by atoms with Crippen LogP contribution in [0, 0.1) is 0 Å². The number of hydrogen-bond donors (Lipinski definition) is 1. The molecule has 0 spiro atoms. The Bertz CT molecular complexity index is 362. The van der Waals surface area contributed by atoms with E-state index in [1.54, 1.807) is 22.8 Å². The van der Waals surface area contributed by atoms with Crippen molar-refractivity contribution in [2.24, 2.45) is 0 Å². The van der Waals surface area contributed by atoms with Gasteiger partial charge in [-0.2, -0.15) is 5.10 Å². The Balaban J connectivity index is 2.04. The van der Waals surface area contributed by atoms with Gasteiger partial charge in [-0.05, 0) is 26.2 Å². The van der Waals surface area contributed by atoms with Gasteiger partial charge in [0, 0.05) is 12.6 Å². The molecule has 1 aromatic rings. The molecule has 1 aliphatic carbocycles. The smallest absolute Gasteiger partial charge is 0.247 e. The van der Waals surface area contributed by atoms with Crippen LogP contribution in [0.2, 0.25) is 0 Å². The van der Waals surface area contributed by atoms with Gasteiger partial charge in [0.2, 0.25) is 5.91 Å². The molecule has 1 fully saturated rings. The maximum atomic E-state index is 12.3. The largest absolute Gasteiger partial charge is 0.395 e. The fourth-order valence-electron chi connectivity index (χ4n) is 2.05. The molecule has 1 amide bonds. The maximum Gasteiger partial charge on any atom is 0.247 e. The summed E-state index contributed by atoms with van der Waals surface area (Å²) in [5.74, 6) is 0.00856. The number of aromatic nitrogens is 3. The van der Waals surface area contributed by atoms with E-state index in [4.69, 9.17) is 5.11 Å². The average Bonchev–Trinajstić information content (AvgIpc) is 2.77. The Morgan fingerprint density at radius 2 is 2.41 bits per heavy atom. The minimum absolute atomic E-state index is 0.00627. The Labute approximate surface area is 100 Å². The number of hydrogen-bond acceptors (Lipinski definition) is 4. The predicted molar refractivity (Wildman–Crippen MR) is 61.2 cm³/mol. The molecule has 1 atom stereocenters. The van der Waals surface area contributed by atoms with E-state index in [-0.39, 0.29) is 18.6 Å². The first kappa shape index (κ1) is 12.0. The molecule has 0 bridgehead atoms. The van der Waals surface area contributed by atoms with Crippen molar-refractivity contribution in [3.8, 4) is 0 Å². The lowest BCUT2D eigenvalue weighted by molar-refractivity contribution is -0.139. The van der Waals surface area contributed by atoms with Crippen LogP contribution < -0.4 is 0 Å². The van der Waals surface area contributed by atoms with Gasteiger partial charge in [0.1, 0.15) is 18.7 Å². The third kappa shape index (κ3) is 2.46. The van der Waals surface area contributed by atoms with Gasteiger partial charge < -0.3 is 10.0 Å². The van der Waals surface area contributed by atoms with Gasteiger partial charge in [-0.1, -0.05) is 0 Å². The highest BCUT2D eigenvalue weighted by molar-refractivity contribution is 5.80. The zero-order valence-corrected chi connectivity index (χ0v) is 9.99. The first-order valence-electron chi connectivity index (χ1n) is 5.99. The number of carbonyl (C=O) groups excluding carboxylic acids is 1. The lowest BCUT2D eigenvalue weighted by Crippen LogP contribution is -2.48. The van der Waals surface area contributed by atoms with Crippen molar-refractivity contribution in [2.45, 2.75) is 38.3 Å². The molecule has 1 aliphatic rings. The van der Waals surface area contributed by atoms with E-state index in [1.807, 2.05) is 0 Å². The second kappa shape index (κ2) is 5.27. The second-order valence-corrected chi connectivity index (χ2v) is 4.39. The van der Waals surface area contributed by atoms with Gasteiger partial charge in [0.25, 0.3) is 0 Å². The summed E-state index contributed by atoms with van der Waals surface area (Å²) in [7, 11) is 0. The summed E-state index contributed by atoms with van der Waals surface area (Å²) in [6.07, 6.45) is 6.20. The molecule has 94 valence electrons. The molecule has 1 heterocycles. The van der Waals surface area contributed by atoms with Crippen molar-refractivity contribution >= 4 is 5.91 Å². The average molecular weight is 238 g/mol. The van der Waals surface area contributed by atoms with E-state index in [0.717, 1.165) is 19.3 Å². The molecule has 1 N–H and O–H groups in total. The number of rotatable bonds is 5. The lowest BCUT2D eigenvalue weighted by Gasteiger charge is -2.38. The molecule has 0 aliphatic heterocycles. The van der Waals surface area contributed by atoms with E-state index in [0.29, 0.717) is 12.6 Å². The second-order valence-electron chi connectivity index (χ2n) is 4.39. The van der Waals surface area contributed by atoms with Crippen molar-refractivity contribution in [3.63, 3.8) is 0 Å². The van der Waals surface area contributed by atoms with Crippen LogP contribution in [0.3, 0.4) is 0 Å². The summed E-state index contributed by atoms with van der Waals surface area (Å²) in [5, 5.41) is 13.0. The molecule has 6 heteroatoms. The SMILES string of the molecule is CC(C(=O)N(CCO)C1CCC1)n1cncn1. The topological polar surface area (TPSA) is 71.2 Å². The van der Waals surface area contributed by atoms with Crippen LogP contribution in [-0.4, -0.2) is 49.9 Å². The molecular weight excluding hydrogens is 220 g/mol. The molecular formula is C11H18N4O2. The van der Waals surface area contributed by atoms with Crippen LogP contribution >= 0.6 is 0 Å². The molecule has 0 saturated heterocycles. The van der Waals surface area contributed by atoms with Crippen LogP contribution in [0.15, 0.2) is 12.7 Å². The minimum atomic E-state index is -0.357. The fraction of sp³-hybridized carbons (Fsp3) is 0.727. The molecule has 17 heavy (non-hydrogen) atoms. The minimum Gasteiger partial charge on any atom is -0.395 e. The number of carbonyl (C=O) groups is 1. The molecule has 1 aromatic heterocycles. The molecule has 2 rings (SSSR count). The Kier molecular flexibility index (Phi) is 3.73. The Hall–Kier alpha value is -1.43. The number of nitrogens with zero attached hydrogens (tertiary/aromatic N) is 4. The molecule has 0 aromatic carbocycles. The Morgan fingerprint density at radius 1 is 1.65 bits per heavy atom. The standard InChI is InChI=1S/C11H18N4O2/c1-9(15-8-12-7-13-15)11(17)14(5-6-16)10-3-2-4-10/h7-10,16H,2-6H2,1H3. The first-order chi connectivity index (χ1) is 8.24. The highest BCUT2D eigenvalue weighted by Crippen LogP contribution is 2.26. The fourth-order valence-corrected chi connectivity index (χ4v) is 2.05. The summed E-state index contributed by atoms with van der Waals surface area (Å²) in [6, 6.07) is -0.0646. The van der Waals surface area contributed by atoms with Crippen molar-refractivity contribution in [1.82, 2.24) is 19.7 Å². The molecule has 0 radical (unpaired) electrons. The van der Waals surface area contributed by atoms with E-state index >= 15 is 0 Å². The van der Waals surface area contributed by atoms with E-state index in [1.165, 1.54) is 6.33 Å². The van der Waals surface area contributed by atoms with Gasteiger partial charge in [0.05, 0.1) is 6.61 Å². The van der Waals surface area contributed by atoms with Crippen LogP contribution in [0.1, 0.15) is 32.2 Å². The van der Waals surface area contributed by atoms with Crippen LogP contribution in [0.5, 0.6) is 0 Å². The Morgan fingerprint density at radius 3 is 2.88 bits per heavy atom. The van der Waals surface area contributed by atoms with Crippen molar-refractivity contribution in [3.05, 3.63) is 12.7 Å². The molecule has 1 saturated carbocycles. The van der Waals surface area contributed by atoms with Gasteiger partial charge >= 0.3 is 0 Å². The summed E-state index contributed by atoms with van der Waals surface area (Å²) >= 11 is 0. The van der Waals surface area contributed by atoms with Crippen molar-refractivity contribution < 1.29 is 9.90 Å². The third-order valence-electron chi connectivity index (χ3n) is 3.33. The lowest BCUT2D eigenvalue weighted by atomic mass is 9.91. The zero-order chi connectivity index (χ0) is 12.3. The monoisotopic (exact) mass is 238 g/mol. The summed E-state index contributed by atoms with van der Waals surface area (Å²) < 4.78 is 1.55. The third-order valence-corrected chi connectivity index (χ3v) is 3.33. The maximum absolute atomic E-state index is 12.3. The van der Waals surface area contributed by atoms with Crippen LogP contribution in [-0.2, 0) is 4.79 Å². The highest BCUT2D eigenvalue weighted by atomic mass is 16.3. The number of amides is 1. The first-order valence-corrected chi connectivity index (χ1v) is 5.99. The summed E-state index contributed by atoms with van der Waals surface area (Å²) in [4.78, 5) is 17.9. The van der Waals surface area contributed by atoms with Gasteiger partial charge in [-0.25, -0.2) is 9.67 Å². The van der Waals surface area contributed by atoms with E-state index < -0.39 is 0 Å². The van der Waals surface area contributed by atoms with E-state index in [2.05, 4.69) is 10.1 Å². The summed E-state index contributed by atoms with van der Waals surface area (Å²) in [5.41, 5.74) is 0. The highest BCUT2D eigenvalue weighted by Gasteiger charge is 2.31. The molecule has 6 nitrogen and oxygen atoms in total. The zero-order valence-electron chi connectivity index (χ0n) is 9.99.